The second-order valence-electron chi connectivity index (χ2n) is 12.0. The van der Waals surface area contributed by atoms with Crippen molar-refractivity contribution < 1.29 is 58.1 Å². The zero-order valence-corrected chi connectivity index (χ0v) is 24.6. The lowest BCUT2D eigenvalue weighted by molar-refractivity contribution is -0.307. The van der Waals surface area contributed by atoms with Gasteiger partial charge in [-0.2, -0.15) is 8.78 Å². The average molecular weight is 612 g/mol. The molecule has 0 radical (unpaired) electrons. The Hall–Kier alpha value is -1.82. The van der Waals surface area contributed by atoms with E-state index in [-0.39, 0.29) is 24.7 Å². The van der Waals surface area contributed by atoms with Gasteiger partial charge in [0.1, 0.15) is 6.10 Å². The van der Waals surface area contributed by atoms with Crippen LogP contribution in [0.25, 0.3) is 0 Å². The summed E-state index contributed by atoms with van der Waals surface area (Å²) >= 11 is 0. The molecule has 2 fully saturated rings. The number of carbonyl (C=O) groups is 2. The molecule has 2 heterocycles. The topological polar surface area (TPSA) is 227 Å². The summed E-state index contributed by atoms with van der Waals surface area (Å²) in [5, 5.41) is 55.3. The van der Waals surface area contributed by atoms with E-state index in [1.807, 2.05) is 19.2 Å². The third kappa shape index (κ3) is 9.59. The van der Waals surface area contributed by atoms with Crippen LogP contribution < -0.4 is 16.8 Å². The van der Waals surface area contributed by atoms with Gasteiger partial charge >= 0.3 is 5.92 Å². The zero-order valence-electron chi connectivity index (χ0n) is 24.6. The molecule has 2 rings (SSSR count). The van der Waals surface area contributed by atoms with Crippen molar-refractivity contribution in [2.75, 3.05) is 6.54 Å². The summed E-state index contributed by atoms with van der Waals surface area (Å²) in [6, 6.07) is -1.10. The molecule has 13 nitrogen and oxygen atoms in total. The predicted molar refractivity (Wildman–Crippen MR) is 144 cm³/mol. The molecular weight excluding hydrogens is 564 g/mol. The number of alkyl halides is 2. The van der Waals surface area contributed by atoms with Gasteiger partial charge in [-0.25, -0.2) is 0 Å². The van der Waals surface area contributed by atoms with Crippen LogP contribution in [0.3, 0.4) is 0 Å². The van der Waals surface area contributed by atoms with Crippen molar-refractivity contribution in [2.24, 2.45) is 29.2 Å². The van der Waals surface area contributed by atoms with Gasteiger partial charge in [-0.05, 0) is 18.8 Å². The van der Waals surface area contributed by atoms with Crippen molar-refractivity contribution in [3.8, 4) is 0 Å². The summed E-state index contributed by atoms with van der Waals surface area (Å²) in [6.45, 7) is 7.26. The number of hydrogen-bond donors (Lipinski definition) is 8. The molecule has 5 unspecified atom stereocenters. The van der Waals surface area contributed by atoms with E-state index in [2.05, 4.69) is 0 Å². The molecule has 2 aliphatic heterocycles. The van der Waals surface area contributed by atoms with Crippen LogP contribution in [0.4, 0.5) is 8.78 Å². The normalized spacial score (nSPS) is 35.9. The molecule has 11 atom stereocenters. The molecule has 2 aliphatic rings. The Bertz CT molecular complexity index is 942. The minimum absolute atomic E-state index is 0.0161. The number of amides is 2. The van der Waals surface area contributed by atoms with Crippen LogP contribution in [0.15, 0.2) is 12.2 Å². The van der Waals surface area contributed by atoms with E-state index in [4.69, 9.17) is 25.7 Å². The van der Waals surface area contributed by atoms with Crippen LogP contribution in [-0.2, 0) is 23.8 Å². The molecule has 0 aromatic heterocycles. The quantitative estimate of drug-likeness (QED) is 0.116. The number of halogens is 2. The van der Waals surface area contributed by atoms with Gasteiger partial charge in [0.15, 0.2) is 12.1 Å². The summed E-state index contributed by atoms with van der Waals surface area (Å²) in [5.74, 6) is -11.0. The Balaban J connectivity index is 2.40. The van der Waals surface area contributed by atoms with Gasteiger partial charge in [-0.1, -0.05) is 39.8 Å². The van der Waals surface area contributed by atoms with Gasteiger partial charge in [0, 0.05) is 19.3 Å². The molecule has 2 saturated heterocycles. The van der Waals surface area contributed by atoms with Gasteiger partial charge in [0.05, 0.1) is 55.1 Å². The lowest BCUT2D eigenvalue weighted by Gasteiger charge is -2.46. The van der Waals surface area contributed by atoms with Crippen molar-refractivity contribution in [1.29, 1.82) is 0 Å². The number of nitrogens with two attached hydrogens (primary N) is 2. The van der Waals surface area contributed by atoms with Crippen LogP contribution in [0.5, 0.6) is 0 Å². The van der Waals surface area contributed by atoms with Gasteiger partial charge in [-0.3, -0.25) is 9.59 Å². The van der Waals surface area contributed by atoms with Crippen molar-refractivity contribution in [3.05, 3.63) is 12.2 Å². The molecule has 0 saturated carbocycles. The summed E-state index contributed by atoms with van der Waals surface area (Å²) in [4.78, 5) is 24.2. The smallest absolute Gasteiger partial charge is 0.341 e. The van der Waals surface area contributed by atoms with Crippen LogP contribution in [0, 0.1) is 17.8 Å². The van der Waals surface area contributed by atoms with Crippen LogP contribution >= 0.6 is 0 Å². The highest BCUT2D eigenvalue weighted by molar-refractivity contribution is 5.84. The van der Waals surface area contributed by atoms with Crippen LogP contribution in [0.2, 0.25) is 0 Å². The summed E-state index contributed by atoms with van der Waals surface area (Å²) in [5.41, 5.74) is 10.6. The highest BCUT2D eigenvalue weighted by atomic mass is 19.3. The molecule has 0 bridgehead atoms. The SMILES string of the molecule is CC(C)/C=C/[C@@H](C[C@@H]1O[C@](O)(C[C@@H](O)C(C)C)C[C@H](O)[C@H]1C(=O)NCC(F)(F)C(N)=O)OC1OC(C)C(O)C(N)C1O. The third-order valence-electron chi connectivity index (χ3n) is 7.54. The molecule has 10 N–H and O–H groups in total. The van der Waals surface area contributed by atoms with E-state index in [0.717, 1.165) is 0 Å². The second-order valence-corrected chi connectivity index (χ2v) is 12.0. The van der Waals surface area contributed by atoms with Crippen molar-refractivity contribution >= 4 is 11.8 Å². The van der Waals surface area contributed by atoms with Crippen molar-refractivity contribution in [1.82, 2.24) is 5.32 Å². The average Bonchev–Trinajstić information content (AvgIpc) is 2.87. The molecule has 0 aromatic rings. The number of aliphatic hydroxyl groups is 5. The van der Waals surface area contributed by atoms with Gasteiger partial charge < -0.3 is 56.5 Å². The van der Waals surface area contributed by atoms with E-state index in [0.29, 0.717) is 0 Å². The Morgan fingerprint density at radius 1 is 1.17 bits per heavy atom. The zero-order chi connectivity index (χ0) is 32.2. The number of hydrogen-bond acceptors (Lipinski definition) is 11. The summed E-state index contributed by atoms with van der Waals surface area (Å²) in [7, 11) is 0. The maximum Gasteiger partial charge on any atom is 0.341 e. The third-order valence-corrected chi connectivity index (χ3v) is 7.54. The first-order valence-electron chi connectivity index (χ1n) is 14.1. The molecule has 42 heavy (non-hydrogen) atoms. The lowest BCUT2D eigenvalue weighted by Crippen LogP contribution is -2.62. The van der Waals surface area contributed by atoms with E-state index < -0.39 is 97.5 Å². The molecule has 0 aromatic carbocycles. The fraction of sp³-hybridized carbons (Fsp3) is 0.852. The number of primary amides is 1. The molecule has 15 heteroatoms. The van der Waals surface area contributed by atoms with E-state index >= 15 is 0 Å². The van der Waals surface area contributed by atoms with E-state index in [1.54, 1.807) is 26.0 Å². The maximum atomic E-state index is 13.8. The molecular formula is C27H47F2N3O10. The number of rotatable bonds is 13. The molecule has 0 aliphatic carbocycles. The summed E-state index contributed by atoms with van der Waals surface area (Å²) < 4.78 is 45.2. The number of aliphatic hydroxyl groups excluding tert-OH is 4. The Labute approximate surface area is 244 Å². The van der Waals surface area contributed by atoms with Crippen LogP contribution in [-0.4, -0.2) is 111 Å². The first kappa shape index (κ1) is 36.4. The van der Waals surface area contributed by atoms with E-state index in [9.17, 15) is 43.9 Å². The highest BCUT2D eigenvalue weighted by Crippen LogP contribution is 2.38. The minimum atomic E-state index is -4.06. The van der Waals surface area contributed by atoms with Crippen LogP contribution in [0.1, 0.15) is 53.9 Å². The minimum Gasteiger partial charge on any atom is -0.393 e. The first-order valence-corrected chi connectivity index (χ1v) is 14.1. The highest BCUT2D eigenvalue weighted by Gasteiger charge is 2.51. The van der Waals surface area contributed by atoms with Gasteiger partial charge in [0.25, 0.3) is 5.91 Å². The standard InChI is InChI=1S/C27H47F2N3O10/c1-12(2)6-7-15(41-24-22(36)20(30)21(35)14(5)40-24)8-18-19(23(37)32-11-27(28,29)25(31)38)17(34)10-26(39,42-18)9-16(33)13(3)4/h6-7,12-22,24,33-36,39H,8-11,30H2,1-5H3,(H2,31,38)(H,32,37)/b7-6+/t14?,15-,16+,17-,18-,19+,20?,21?,22?,24?,26+/m0/s1. The van der Waals surface area contributed by atoms with E-state index in [1.165, 1.54) is 6.92 Å². The number of ether oxygens (including phenoxy) is 3. The molecule has 0 spiro atoms. The Morgan fingerprint density at radius 3 is 2.33 bits per heavy atom. The Kier molecular flexibility index (Phi) is 12.8. The fourth-order valence-corrected chi connectivity index (χ4v) is 4.85. The second kappa shape index (κ2) is 14.8. The maximum absolute atomic E-state index is 13.8. The number of allylic oxidation sites excluding steroid dienone is 1. The monoisotopic (exact) mass is 611 g/mol. The Morgan fingerprint density at radius 2 is 1.79 bits per heavy atom. The lowest BCUT2D eigenvalue weighted by atomic mass is 9.81. The first-order chi connectivity index (χ1) is 19.3. The van der Waals surface area contributed by atoms with Gasteiger partial charge in [-0.15, -0.1) is 0 Å². The largest absolute Gasteiger partial charge is 0.393 e. The number of nitrogens with one attached hydrogen (secondary N) is 1. The van der Waals surface area contributed by atoms with Crippen molar-refractivity contribution in [2.45, 2.75) is 121 Å². The fourth-order valence-electron chi connectivity index (χ4n) is 4.85. The van der Waals surface area contributed by atoms with Gasteiger partial charge in [0.2, 0.25) is 5.91 Å². The predicted octanol–water partition coefficient (Wildman–Crippen LogP) is -1.13. The summed E-state index contributed by atoms with van der Waals surface area (Å²) in [6.07, 6.45) is -7.57. The molecule has 244 valence electrons. The number of carbonyl (C=O) groups excluding carboxylic acids is 2. The van der Waals surface area contributed by atoms with Crippen molar-refractivity contribution in [3.63, 3.8) is 0 Å². The molecule has 2 amide bonds.